The fourth-order valence-corrected chi connectivity index (χ4v) is 4.16. The third-order valence-corrected chi connectivity index (χ3v) is 6.01. The van der Waals surface area contributed by atoms with Gasteiger partial charge in [0.1, 0.15) is 17.2 Å². The second-order valence-electron chi connectivity index (χ2n) is 7.82. The van der Waals surface area contributed by atoms with E-state index in [4.69, 9.17) is 26.1 Å². The molecule has 0 aliphatic heterocycles. The summed E-state index contributed by atoms with van der Waals surface area (Å²) in [6.45, 7) is 0.363. The van der Waals surface area contributed by atoms with Crippen molar-refractivity contribution in [3.63, 3.8) is 0 Å². The third-order valence-electron chi connectivity index (χ3n) is 5.76. The van der Waals surface area contributed by atoms with E-state index in [1.54, 1.807) is 26.4 Å². The van der Waals surface area contributed by atoms with E-state index >= 15 is 0 Å². The van der Waals surface area contributed by atoms with Crippen molar-refractivity contribution >= 4 is 39.3 Å². The van der Waals surface area contributed by atoms with E-state index in [0.717, 1.165) is 32.9 Å². The van der Waals surface area contributed by atoms with Crippen molar-refractivity contribution in [2.45, 2.75) is 6.54 Å². The average Bonchev–Trinajstić information content (AvgIpc) is 3.26. The molecule has 7 heteroatoms. The molecule has 0 bridgehead atoms. The van der Waals surface area contributed by atoms with Gasteiger partial charge >= 0.3 is 0 Å². The minimum absolute atomic E-state index is 0.273. The number of fused-ring (bicyclic) bond motifs is 3. The number of pyridine rings is 1. The Bertz CT molecular complexity index is 1510. The van der Waals surface area contributed by atoms with Gasteiger partial charge in [0, 0.05) is 33.4 Å². The van der Waals surface area contributed by atoms with E-state index in [-0.39, 0.29) is 5.91 Å². The monoisotopic (exact) mass is 471 g/mol. The number of hydrogen-bond donors (Lipinski definition) is 2. The summed E-state index contributed by atoms with van der Waals surface area (Å²) < 4.78 is 11.1. The van der Waals surface area contributed by atoms with E-state index in [0.29, 0.717) is 34.5 Å². The summed E-state index contributed by atoms with van der Waals surface area (Å²) in [5.41, 5.74) is 4.38. The number of nitrogens with one attached hydrogen (secondary N) is 2. The van der Waals surface area contributed by atoms with Crippen molar-refractivity contribution in [3.05, 3.63) is 89.1 Å². The Morgan fingerprint density at radius 1 is 0.971 bits per heavy atom. The van der Waals surface area contributed by atoms with Crippen LogP contribution in [-0.4, -0.2) is 30.1 Å². The number of rotatable bonds is 6. The molecule has 5 aromatic rings. The molecule has 0 spiro atoms. The van der Waals surface area contributed by atoms with Crippen molar-refractivity contribution in [2.75, 3.05) is 14.2 Å². The number of nitrogens with zero attached hydrogens (tertiary/aromatic N) is 1. The normalized spacial score (nSPS) is 11.0. The molecule has 1 amide bonds. The van der Waals surface area contributed by atoms with Crippen LogP contribution < -0.4 is 14.8 Å². The number of aromatic nitrogens is 2. The van der Waals surface area contributed by atoms with Crippen LogP contribution in [0.1, 0.15) is 16.1 Å². The van der Waals surface area contributed by atoms with Gasteiger partial charge in [0.05, 0.1) is 25.4 Å². The zero-order valence-corrected chi connectivity index (χ0v) is 19.4. The Hall–Kier alpha value is -4.03. The van der Waals surface area contributed by atoms with Gasteiger partial charge in [-0.1, -0.05) is 41.9 Å². The topological polar surface area (TPSA) is 76.2 Å². The number of carbonyl (C=O) groups is 1. The fraction of sp³-hybridized carbons (Fsp3) is 0.111. The molecular formula is C27H22ClN3O3. The first-order valence-corrected chi connectivity index (χ1v) is 11.1. The van der Waals surface area contributed by atoms with E-state index in [2.05, 4.69) is 10.3 Å². The quantitative estimate of drug-likeness (QED) is 0.319. The fourth-order valence-electron chi connectivity index (χ4n) is 4.03. The van der Waals surface area contributed by atoms with Crippen LogP contribution in [0.4, 0.5) is 0 Å². The summed E-state index contributed by atoms with van der Waals surface area (Å²) in [5.74, 6) is 1.02. The highest BCUT2D eigenvalue weighted by molar-refractivity contribution is 6.30. The van der Waals surface area contributed by atoms with Crippen LogP contribution >= 0.6 is 11.6 Å². The number of hydrogen-bond acceptors (Lipinski definition) is 4. The molecule has 0 fully saturated rings. The summed E-state index contributed by atoms with van der Waals surface area (Å²) >= 11 is 5.97. The maximum Gasteiger partial charge on any atom is 0.270 e. The van der Waals surface area contributed by atoms with Crippen LogP contribution in [0, 0.1) is 0 Å². The lowest BCUT2D eigenvalue weighted by Crippen LogP contribution is -2.24. The molecular weight excluding hydrogens is 450 g/mol. The molecule has 0 aliphatic carbocycles. The molecule has 5 rings (SSSR count). The molecule has 170 valence electrons. The molecule has 2 heterocycles. The van der Waals surface area contributed by atoms with Crippen molar-refractivity contribution < 1.29 is 14.3 Å². The van der Waals surface area contributed by atoms with Gasteiger partial charge in [-0.3, -0.25) is 4.79 Å². The van der Waals surface area contributed by atoms with Gasteiger partial charge in [-0.25, -0.2) is 4.98 Å². The molecule has 0 unspecified atom stereocenters. The number of amides is 1. The largest absolute Gasteiger partial charge is 0.497 e. The van der Waals surface area contributed by atoms with Gasteiger partial charge in [0.15, 0.2) is 0 Å². The maximum absolute atomic E-state index is 13.2. The Labute approximate surface area is 201 Å². The summed E-state index contributed by atoms with van der Waals surface area (Å²) in [5, 5.41) is 5.52. The number of para-hydroxylation sites is 1. The molecule has 0 saturated carbocycles. The second kappa shape index (κ2) is 9.08. The molecule has 2 N–H and O–H groups in total. The highest BCUT2D eigenvalue weighted by Gasteiger charge is 2.20. The predicted octanol–water partition coefficient (Wildman–Crippen LogP) is 5.98. The molecule has 34 heavy (non-hydrogen) atoms. The highest BCUT2D eigenvalue weighted by Crippen LogP contribution is 2.38. The molecule has 3 aromatic carbocycles. The van der Waals surface area contributed by atoms with E-state index in [1.165, 1.54) is 0 Å². The summed E-state index contributed by atoms with van der Waals surface area (Å²) in [7, 11) is 3.22. The van der Waals surface area contributed by atoms with Gasteiger partial charge in [-0.15, -0.1) is 0 Å². The van der Waals surface area contributed by atoms with Crippen LogP contribution in [0.5, 0.6) is 11.5 Å². The zero-order chi connectivity index (χ0) is 23.7. The standard InChI is InChI=1S/C27H22ClN3O3/c1-33-18-11-12-24(34-2)21(13-18)26-25-20(19-5-3-4-6-22(19)30-25)14-23(31-26)27(32)29-15-16-7-9-17(28)10-8-16/h3-14,30H,15H2,1-2H3,(H,29,32). The van der Waals surface area contributed by atoms with Gasteiger partial charge < -0.3 is 19.8 Å². The number of carbonyl (C=O) groups excluding carboxylic acids is 1. The first-order valence-electron chi connectivity index (χ1n) is 10.7. The van der Waals surface area contributed by atoms with Crippen molar-refractivity contribution in [3.8, 4) is 22.8 Å². The van der Waals surface area contributed by atoms with Crippen LogP contribution in [0.3, 0.4) is 0 Å². The number of halogens is 1. The molecule has 0 aliphatic rings. The van der Waals surface area contributed by atoms with E-state index in [9.17, 15) is 4.79 Å². The number of methoxy groups -OCH3 is 2. The number of aromatic amines is 1. The highest BCUT2D eigenvalue weighted by atomic mass is 35.5. The number of ether oxygens (including phenoxy) is 2. The molecule has 0 radical (unpaired) electrons. The number of H-pyrrole nitrogens is 1. The van der Waals surface area contributed by atoms with Crippen LogP contribution in [0.25, 0.3) is 33.1 Å². The Balaban J connectivity index is 1.64. The first kappa shape index (κ1) is 21.8. The summed E-state index contributed by atoms with van der Waals surface area (Å²) in [4.78, 5) is 21.4. The van der Waals surface area contributed by atoms with Gasteiger partial charge in [0.25, 0.3) is 5.91 Å². The minimum Gasteiger partial charge on any atom is -0.497 e. The maximum atomic E-state index is 13.2. The summed E-state index contributed by atoms with van der Waals surface area (Å²) in [6.07, 6.45) is 0. The van der Waals surface area contributed by atoms with Gasteiger partial charge in [-0.05, 0) is 48.0 Å². The Morgan fingerprint density at radius 2 is 1.76 bits per heavy atom. The van der Waals surface area contributed by atoms with Crippen molar-refractivity contribution in [1.82, 2.24) is 15.3 Å². The molecule has 0 atom stereocenters. The van der Waals surface area contributed by atoms with Crippen LogP contribution in [0.15, 0.2) is 72.8 Å². The number of benzene rings is 3. The Kier molecular flexibility index (Phi) is 5.82. The van der Waals surface area contributed by atoms with Gasteiger partial charge in [-0.2, -0.15) is 0 Å². The lowest BCUT2D eigenvalue weighted by atomic mass is 10.0. The molecule has 2 aromatic heterocycles. The van der Waals surface area contributed by atoms with Crippen molar-refractivity contribution in [1.29, 1.82) is 0 Å². The predicted molar refractivity (Wildman–Crippen MR) is 135 cm³/mol. The van der Waals surface area contributed by atoms with E-state index in [1.807, 2.05) is 60.7 Å². The molecule has 6 nitrogen and oxygen atoms in total. The second-order valence-corrected chi connectivity index (χ2v) is 8.26. The smallest absolute Gasteiger partial charge is 0.270 e. The van der Waals surface area contributed by atoms with Crippen LogP contribution in [0.2, 0.25) is 5.02 Å². The average molecular weight is 472 g/mol. The van der Waals surface area contributed by atoms with E-state index < -0.39 is 0 Å². The summed E-state index contributed by atoms with van der Waals surface area (Å²) in [6, 6.07) is 22.7. The SMILES string of the molecule is COc1ccc(OC)c(-c2nc(C(=O)NCc3ccc(Cl)cc3)cc3c2[nH]c2ccccc23)c1. The lowest BCUT2D eigenvalue weighted by molar-refractivity contribution is 0.0946. The van der Waals surface area contributed by atoms with Gasteiger partial charge in [0.2, 0.25) is 0 Å². The third kappa shape index (κ3) is 4.04. The van der Waals surface area contributed by atoms with Crippen molar-refractivity contribution in [2.24, 2.45) is 0 Å². The lowest BCUT2D eigenvalue weighted by Gasteiger charge is -2.13. The molecule has 0 saturated heterocycles. The van der Waals surface area contributed by atoms with Crippen LogP contribution in [-0.2, 0) is 6.54 Å². The zero-order valence-electron chi connectivity index (χ0n) is 18.7. The minimum atomic E-state index is -0.273. The Morgan fingerprint density at radius 3 is 2.53 bits per heavy atom. The first-order chi connectivity index (χ1) is 16.6.